The molecule has 2 aliphatic rings. The van der Waals surface area contributed by atoms with E-state index in [2.05, 4.69) is 13.8 Å². The fourth-order valence-corrected chi connectivity index (χ4v) is 2.32. The summed E-state index contributed by atoms with van der Waals surface area (Å²) in [5.74, 6) is 0. The lowest BCUT2D eigenvalue weighted by molar-refractivity contribution is 0.906. The smallest absolute Gasteiger partial charge is 0.0270 e. The van der Waals surface area contributed by atoms with Crippen molar-refractivity contribution in [3.8, 4) is 0 Å². The van der Waals surface area contributed by atoms with Crippen molar-refractivity contribution in [1.82, 2.24) is 0 Å². The highest BCUT2D eigenvalue weighted by Crippen LogP contribution is 2.46. The van der Waals surface area contributed by atoms with Gasteiger partial charge in [-0.3, -0.25) is 0 Å². The van der Waals surface area contributed by atoms with Gasteiger partial charge in [0.2, 0.25) is 0 Å². The fourth-order valence-electron chi connectivity index (χ4n) is 2.32. The predicted octanol–water partition coefficient (Wildman–Crippen LogP) is 3.21. The Morgan fingerprint density at radius 2 is 1.90 bits per heavy atom. The molecule has 0 aromatic heterocycles. The minimum absolute atomic E-state index is 1.25. The number of allylic oxidation sites excluding steroid dienone is 4. The third-order valence-corrected chi connectivity index (χ3v) is 2.84. The van der Waals surface area contributed by atoms with Crippen molar-refractivity contribution in [1.29, 1.82) is 0 Å². The zero-order chi connectivity index (χ0) is 7.14. The van der Waals surface area contributed by atoms with Crippen molar-refractivity contribution in [2.45, 2.75) is 39.5 Å². The highest BCUT2D eigenvalue weighted by Gasteiger charge is 2.27. The molecule has 54 valence electrons. The molecule has 0 aromatic carbocycles. The van der Waals surface area contributed by atoms with Crippen molar-refractivity contribution in [3.05, 3.63) is 22.3 Å². The summed E-state index contributed by atoms with van der Waals surface area (Å²) in [7, 11) is 0. The van der Waals surface area contributed by atoms with Gasteiger partial charge >= 0.3 is 0 Å². The van der Waals surface area contributed by atoms with Gasteiger partial charge in [0.15, 0.2) is 0 Å². The second-order valence-corrected chi connectivity index (χ2v) is 3.27. The second kappa shape index (κ2) is 1.98. The SMILES string of the molecule is CCC1=C(C)C2=C1CCC2. The van der Waals surface area contributed by atoms with Crippen molar-refractivity contribution in [2.75, 3.05) is 0 Å². The van der Waals surface area contributed by atoms with Crippen LogP contribution >= 0.6 is 0 Å². The zero-order valence-electron chi connectivity index (χ0n) is 6.83. The van der Waals surface area contributed by atoms with Gasteiger partial charge in [0.1, 0.15) is 0 Å². The van der Waals surface area contributed by atoms with Gasteiger partial charge in [-0.05, 0) is 54.9 Å². The van der Waals surface area contributed by atoms with Crippen LogP contribution in [0.5, 0.6) is 0 Å². The summed E-state index contributed by atoms with van der Waals surface area (Å²) in [6.45, 7) is 4.55. The minimum Gasteiger partial charge on any atom is -0.0613 e. The van der Waals surface area contributed by atoms with Crippen molar-refractivity contribution in [2.24, 2.45) is 0 Å². The molecule has 0 nitrogen and oxygen atoms in total. The molecule has 0 N–H and O–H groups in total. The van der Waals surface area contributed by atoms with Gasteiger partial charge in [-0.1, -0.05) is 6.92 Å². The quantitative estimate of drug-likeness (QED) is 0.516. The Morgan fingerprint density at radius 1 is 1.20 bits per heavy atom. The summed E-state index contributed by atoms with van der Waals surface area (Å²) < 4.78 is 0. The van der Waals surface area contributed by atoms with Crippen LogP contribution in [0.1, 0.15) is 39.5 Å². The van der Waals surface area contributed by atoms with Crippen LogP contribution in [0.25, 0.3) is 0 Å². The van der Waals surface area contributed by atoms with E-state index in [9.17, 15) is 0 Å². The first-order valence-electron chi connectivity index (χ1n) is 4.27. The Morgan fingerprint density at radius 3 is 2.60 bits per heavy atom. The van der Waals surface area contributed by atoms with E-state index < -0.39 is 0 Å². The third-order valence-electron chi connectivity index (χ3n) is 2.84. The summed E-state index contributed by atoms with van der Waals surface area (Å²) in [5, 5.41) is 0. The summed E-state index contributed by atoms with van der Waals surface area (Å²) in [4.78, 5) is 0. The molecule has 0 radical (unpaired) electrons. The van der Waals surface area contributed by atoms with E-state index in [1.54, 1.807) is 22.3 Å². The Hall–Kier alpha value is -0.520. The second-order valence-electron chi connectivity index (χ2n) is 3.27. The largest absolute Gasteiger partial charge is 0.0613 e. The summed E-state index contributed by atoms with van der Waals surface area (Å²) in [6, 6.07) is 0. The molecule has 2 rings (SSSR count). The van der Waals surface area contributed by atoms with Crippen LogP contribution in [0, 0.1) is 0 Å². The summed E-state index contributed by atoms with van der Waals surface area (Å²) in [6.07, 6.45) is 5.40. The molecule has 0 aromatic rings. The van der Waals surface area contributed by atoms with E-state index in [1.807, 2.05) is 0 Å². The monoisotopic (exact) mass is 134 g/mol. The zero-order valence-corrected chi connectivity index (χ0v) is 6.83. The molecular formula is C10H14. The van der Waals surface area contributed by atoms with Gasteiger partial charge in [0, 0.05) is 0 Å². The van der Waals surface area contributed by atoms with Gasteiger partial charge in [-0.2, -0.15) is 0 Å². The molecule has 0 bridgehead atoms. The lowest BCUT2D eigenvalue weighted by atomic mass is 9.82. The Labute approximate surface area is 62.6 Å². The first-order chi connectivity index (χ1) is 4.84. The highest BCUT2D eigenvalue weighted by atomic mass is 14.3. The third kappa shape index (κ3) is 0.570. The molecule has 10 heavy (non-hydrogen) atoms. The van der Waals surface area contributed by atoms with Crippen LogP contribution in [-0.4, -0.2) is 0 Å². The highest BCUT2D eigenvalue weighted by molar-refractivity contribution is 5.60. The molecule has 0 unspecified atom stereocenters. The van der Waals surface area contributed by atoms with Crippen LogP contribution in [-0.2, 0) is 0 Å². The average molecular weight is 134 g/mol. The van der Waals surface area contributed by atoms with Crippen LogP contribution in [0.3, 0.4) is 0 Å². The van der Waals surface area contributed by atoms with Crippen molar-refractivity contribution < 1.29 is 0 Å². The van der Waals surface area contributed by atoms with Crippen molar-refractivity contribution in [3.63, 3.8) is 0 Å². The van der Waals surface area contributed by atoms with Crippen LogP contribution in [0.15, 0.2) is 22.3 Å². The topological polar surface area (TPSA) is 0 Å². The lowest BCUT2D eigenvalue weighted by Crippen LogP contribution is -2.04. The van der Waals surface area contributed by atoms with E-state index in [0.717, 1.165) is 0 Å². The van der Waals surface area contributed by atoms with Gasteiger partial charge in [0.25, 0.3) is 0 Å². The summed E-state index contributed by atoms with van der Waals surface area (Å²) in [5.41, 5.74) is 6.72. The molecule has 0 atom stereocenters. The fraction of sp³-hybridized carbons (Fsp3) is 0.600. The van der Waals surface area contributed by atoms with Gasteiger partial charge in [0.05, 0.1) is 0 Å². The molecule has 0 saturated heterocycles. The van der Waals surface area contributed by atoms with E-state index in [0.29, 0.717) is 0 Å². The van der Waals surface area contributed by atoms with Gasteiger partial charge in [-0.15, -0.1) is 0 Å². The minimum atomic E-state index is 1.25. The standard InChI is InChI=1S/C10H14/c1-3-8-7(2)9-5-4-6-10(8)9/h3-6H2,1-2H3. The van der Waals surface area contributed by atoms with Gasteiger partial charge in [-0.25, -0.2) is 0 Å². The molecule has 0 aliphatic heterocycles. The van der Waals surface area contributed by atoms with E-state index in [-0.39, 0.29) is 0 Å². The lowest BCUT2D eigenvalue weighted by Gasteiger charge is -2.23. The molecule has 0 heteroatoms. The maximum absolute atomic E-state index is 2.28. The van der Waals surface area contributed by atoms with Crippen molar-refractivity contribution >= 4 is 0 Å². The van der Waals surface area contributed by atoms with Crippen LogP contribution in [0.2, 0.25) is 0 Å². The molecule has 0 saturated carbocycles. The summed E-state index contributed by atoms with van der Waals surface area (Å²) >= 11 is 0. The maximum Gasteiger partial charge on any atom is -0.0270 e. The van der Waals surface area contributed by atoms with Crippen LogP contribution < -0.4 is 0 Å². The van der Waals surface area contributed by atoms with E-state index in [4.69, 9.17) is 0 Å². The maximum atomic E-state index is 2.28. The molecule has 0 amide bonds. The molecule has 0 heterocycles. The Kier molecular flexibility index (Phi) is 1.23. The average Bonchev–Trinajstić information content (AvgIpc) is 2.33. The van der Waals surface area contributed by atoms with E-state index in [1.165, 1.54) is 25.7 Å². The number of rotatable bonds is 1. The van der Waals surface area contributed by atoms with E-state index >= 15 is 0 Å². The Balaban J connectivity index is 2.24. The number of hydrogen-bond acceptors (Lipinski definition) is 0. The predicted molar refractivity (Wildman–Crippen MR) is 43.9 cm³/mol. The Bertz CT molecular complexity index is 228. The molecule has 2 aliphatic carbocycles. The van der Waals surface area contributed by atoms with Crippen LogP contribution in [0.4, 0.5) is 0 Å². The normalized spacial score (nSPS) is 23.4. The molecular weight excluding hydrogens is 120 g/mol. The molecule has 0 fully saturated rings. The first-order valence-corrected chi connectivity index (χ1v) is 4.27. The molecule has 0 spiro atoms. The first kappa shape index (κ1) is 6.21. The number of hydrogen-bond donors (Lipinski definition) is 0. The van der Waals surface area contributed by atoms with Gasteiger partial charge < -0.3 is 0 Å².